The Hall–Kier alpha value is -9.98. The van der Waals surface area contributed by atoms with Crippen LogP contribution in [0.1, 0.15) is 143 Å². The van der Waals surface area contributed by atoms with Crippen LogP contribution in [-0.2, 0) is 40.2 Å². The summed E-state index contributed by atoms with van der Waals surface area (Å²) < 4.78 is 43.2. The fourth-order valence-corrected chi connectivity index (χ4v) is 16.6. The zero-order chi connectivity index (χ0) is 80.3. The number of rotatable bonds is 29. The van der Waals surface area contributed by atoms with Crippen LogP contribution >= 0.6 is 50.3 Å². The van der Waals surface area contributed by atoms with Crippen molar-refractivity contribution in [2.45, 2.75) is 123 Å². The molecule has 114 heavy (non-hydrogen) atoms. The third-order valence-corrected chi connectivity index (χ3v) is 23.4. The van der Waals surface area contributed by atoms with Gasteiger partial charge < -0.3 is 28.5 Å². The molecule has 0 saturated heterocycles. The van der Waals surface area contributed by atoms with Crippen molar-refractivity contribution >= 4 is 130 Å². The molecule has 0 spiro atoms. The first kappa shape index (κ1) is 89.6. The van der Waals surface area contributed by atoms with E-state index in [1.165, 1.54) is 106 Å². The SMILES string of the molecule is C.CCCCC.CCOCC.CCOP(=O)(Cc1ccc(-c2ccc(COP=O)cc2)cc1)OCC.Cc1ccc(N(c2ccc(C)cc2)c2ccc(/C=C/c3ccc(-c4ccc(/C=C/c5ccc(N(c6ccc(C)cc6)c6ccc(C)cc6)s5)cc4)cc3)s2)cc1.Cc1ccc(N(c2ccc(C)cc2)c2ccc(C=O)s2)cc1. The maximum absolute atomic E-state index is 12.6. The van der Waals surface area contributed by atoms with E-state index < -0.39 is 7.60 Å². The van der Waals surface area contributed by atoms with Crippen molar-refractivity contribution in [3.05, 3.63) is 349 Å². The number of aldehydes is 1. The van der Waals surface area contributed by atoms with Crippen LogP contribution in [0.15, 0.2) is 279 Å². The number of ether oxygens (including phenoxy) is 1. The lowest BCUT2D eigenvalue weighted by Crippen LogP contribution is -2.08. The van der Waals surface area contributed by atoms with Gasteiger partial charge in [0.25, 0.3) is 0 Å². The van der Waals surface area contributed by atoms with E-state index in [1.54, 1.807) is 36.5 Å². The monoisotopic (exact) mass is 1610 g/mol. The Kier molecular flexibility index (Phi) is 36.9. The molecule has 13 rings (SSSR count). The second-order valence-corrected chi connectivity index (χ2v) is 32.8. The molecule has 13 aromatic rings. The highest BCUT2D eigenvalue weighted by Gasteiger charge is 2.24. The minimum absolute atomic E-state index is 0. The number of carbonyl (C=O) groups excluding carboxylic acids is 1. The third-order valence-electron chi connectivity index (χ3n) is 18.1. The van der Waals surface area contributed by atoms with Crippen LogP contribution in [0.2, 0.25) is 0 Å². The van der Waals surface area contributed by atoms with Gasteiger partial charge in [0.1, 0.15) is 15.0 Å². The average molecular weight is 1610 g/mol. The van der Waals surface area contributed by atoms with Gasteiger partial charge in [-0.1, -0.05) is 256 Å². The van der Waals surface area contributed by atoms with Crippen molar-refractivity contribution < 1.29 is 32.2 Å². The van der Waals surface area contributed by atoms with E-state index in [0.29, 0.717) is 19.8 Å². The summed E-state index contributed by atoms with van der Waals surface area (Å²) in [6, 6.07) is 97.9. The number of carbonyl (C=O) groups is 1. The smallest absolute Gasteiger partial charge is 0.335 e. The molecule has 590 valence electrons. The van der Waals surface area contributed by atoms with Crippen LogP contribution in [0.3, 0.4) is 0 Å². The molecule has 10 aromatic carbocycles. The van der Waals surface area contributed by atoms with Gasteiger partial charge >= 0.3 is 16.3 Å². The van der Waals surface area contributed by atoms with Gasteiger partial charge in [-0.25, -0.2) is 4.57 Å². The molecule has 0 radical (unpaired) electrons. The van der Waals surface area contributed by atoms with Gasteiger partial charge in [0.15, 0.2) is 6.29 Å². The zero-order valence-electron chi connectivity index (χ0n) is 67.1. The Bertz CT molecular complexity index is 4740. The van der Waals surface area contributed by atoms with Crippen molar-refractivity contribution in [3.8, 4) is 22.3 Å². The van der Waals surface area contributed by atoms with Crippen LogP contribution in [-0.4, -0.2) is 32.7 Å². The van der Waals surface area contributed by atoms with Gasteiger partial charge in [0.2, 0.25) is 0 Å². The lowest BCUT2D eigenvalue weighted by Gasteiger charge is -2.23. The summed E-state index contributed by atoms with van der Waals surface area (Å²) in [5, 5.41) is 3.41. The molecule has 3 aromatic heterocycles. The highest BCUT2D eigenvalue weighted by atomic mass is 32.1. The van der Waals surface area contributed by atoms with Crippen molar-refractivity contribution in [1.29, 1.82) is 0 Å². The highest BCUT2D eigenvalue weighted by molar-refractivity contribution is 7.53. The van der Waals surface area contributed by atoms with Gasteiger partial charge in [0, 0.05) is 57.1 Å². The number of hydrogen-bond acceptors (Lipinski definition) is 13. The molecule has 0 aliphatic rings. The molecule has 0 bridgehead atoms. The molecular weight excluding hydrogens is 1500 g/mol. The van der Waals surface area contributed by atoms with Crippen LogP contribution in [0.4, 0.5) is 49.1 Å². The highest BCUT2D eigenvalue weighted by Crippen LogP contribution is 2.51. The Balaban J connectivity index is 0.000000230. The van der Waals surface area contributed by atoms with E-state index in [2.05, 4.69) is 313 Å². The molecule has 0 unspecified atom stereocenters. The molecule has 0 amide bonds. The van der Waals surface area contributed by atoms with E-state index in [1.807, 2.05) is 74.5 Å². The first-order chi connectivity index (χ1) is 54.9. The lowest BCUT2D eigenvalue weighted by atomic mass is 10.0. The summed E-state index contributed by atoms with van der Waals surface area (Å²) in [7, 11) is -3.40. The summed E-state index contributed by atoms with van der Waals surface area (Å²) in [6.07, 6.45) is 14.1. The first-order valence-electron chi connectivity index (χ1n) is 38.7. The summed E-state index contributed by atoms with van der Waals surface area (Å²) >= 11 is 5.09. The average Bonchev–Trinajstić information content (AvgIpc) is 1.59. The zero-order valence-corrected chi connectivity index (χ0v) is 71.4. The van der Waals surface area contributed by atoms with E-state index in [-0.39, 0.29) is 22.3 Å². The van der Waals surface area contributed by atoms with E-state index in [4.69, 9.17) is 18.3 Å². The van der Waals surface area contributed by atoms with Gasteiger partial charge in [0.05, 0.1) is 30.9 Å². The van der Waals surface area contributed by atoms with Gasteiger partial charge in [-0.2, -0.15) is 0 Å². The fourth-order valence-electron chi connectivity index (χ4n) is 11.9. The van der Waals surface area contributed by atoms with Crippen LogP contribution in [0, 0.1) is 41.5 Å². The van der Waals surface area contributed by atoms with Crippen molar-refractivity contribution in [3.63, 3.8) is 0 Å². The Morgan fingerprint density at radius 1 is 0.342 bits per heavy atom. The standard InChI is InChI=1S/C52H44N2S2.C19H17NOS.C18H22O5P2.C5H12.C4H10O.CH4/c1-37-5-23-45(24-6-37)53(46-25-7-38(2)8-26-46)51-35-33-49(55-51)31-17-41-13-19-43(20-14-41)44-21-15-42(16-22-44)18-32-50-34-36-52(56-50)54(47-27-9-39(3)10-28-47)48-29-11-40(4)12-30-48;1-14-3-7-16(8-4-14)20(17-9-5-15(2)6-10-17)19-12-11-18(13-21)22-19;1-3-22-25(20,23-4-2)14-16-7-11-18(12-8-16)17-9-5-15(6-10-17)13-21-24-19;2*1-3-5-4-2;/h5-36H,1-4H3;3-13H,1-2H3;5-12H,3-4,13-14H2,1-2H3;3-5H2,1-2H3;3-4H2,1-2H3;1H4/b31-17+,32-18+;;;;;. The van der Waals surface area contributed by atoms with E-state index in [0.717, 1.165) is 85.8 Å². The summed E-state index contributed by atoms with van der Waals surface area (Å²) in [6.45, 7) is 27.4. The van der Waals surface area contributed by atoms with E-state index >= 15 is 0 Å². The summed E-state index contributed by atoms with van der Waals surface area (Å²) in [5.41, 5.74) is 23.1. The van der Waals surface area contributed by atoms with Crippen LogP contribution in [0.5, 0.6) is 0 Å². The predicted octanol–water partition coefficient (Wildman–Crippen LogP) is 31.4. The topological polar surface area (TPSA) is 97.8 Å². The van der Waals surface area contributed by atoms with Crippen molar-refractivity contribution in [1.82, 2.24) is 0 Å². The number of anilines is 9. The van der Waals surface area contributed by atoms with Crippen molar-refractivity contribution in [2.24, 2.45) is 0 Å². The molecular formula is C99H109N3O7P2S3. The summed E-state index contributed by atoms with van der Waals surface area (Å²) in [5.74, 6) is 0. The maximum Gasteiger partial charge on any atom is 0.335 e. The predicted molar refractivity (Wildman–Crippen MR) is 493 cm³/mol. The second-order valence-electron chi connectivity index (χ2n) is 27.1. The van der Waals surface area contributed by atoms with Gasteiger partial charge in [-0.15, -0.1) is 34.0 Å². The number of benzene rings is 10. The molecule has 0 aliphatic heterocycles. The first-order valence-corrected chi connectivity index (χ1v) is 43.6. The quantitative estimate of drug-likeness (QED) is 0.0333. The van der Waals surface area contributed by atoms with Crippen molar-refractivity contribution in [2.75, 3.05) is 41.1 Å². The van der Waals surface area contributed by atoms with Crippen LogP contribution in [0.25, 0.3) is 46.6 Å². The Morgan fingerprint density at radius 2 is 0.623 bits per heavy atom. The van der Waals surface area contributed by atoms with Gasteiger partial charge in [-0.05, 0) is 235 Å². The Morgan fingerprint density at radius 3 is 0.868 bits per heavy atom. The normalized spacial score (nSPS) is 10.9. The van der Waals surface area contributed by atoms with Crippen LogP contribution < -0.4 is 14.7 Å². The molecule has 0 atom stereocenters. The number of hydrogen-bond donors (Lipinski definition) is 0. The number of unbranched alkanes of at least 4 members (excludes halogenated alkanes) is 2. The Labute approximate surface area is 692 Å². The largest absolute Gasteiger partial charge is 0.382 e. The lowest BCUT2D eigenvalue weighted by molar-refractivity contribution is 0.112. The molecule has 0 aliphatic carbocycles. The van der Waals surface area contributed by atoms with Gasteiger partial charge in [-0.3, -0.25) is 13.9 Å². The molecule has 10 nitrogen and oxygen atoms in total. The van der Waals surface area contributed by atoms with E-state index in [9.17, 15) is 13.9 Å². The second kappa shape index (κ2) is 47.0. The minimum atomic E-state index is -3.09. The fraction of sp³-hybridized carbons (Fsp3) is 0.222. The molecule has 0 fully saturated rings. The number of nitrogens with zero attached hydrogens (tertiary/aromatic N) is 3. The minimum Gasteiger partial charge on any atom is -0.382 e. The molecule has 3 heterocycles. The molecule has 15 heteroatoms. The number of thiophene rings is 3. The number of aryl methyl sites for hydroxylation is 6. The summed E-state index contributed by atoms with van der Waals surface area (Å²) in [4.78, 5) is 21.0. The molecule has 0 N–H and O–H groups in total. The maximum atomic E-state index is 12.6. The molecule has 0 saturated carbocycles. The third kappa shape index (κ3) is 27.7.